The number of rotatable bonds is 4. The summed E-state index contributed by atoms with van der Waals surface area (Å²) in [7, 11) is 0. The average molecular weight is 130 g/mol. The first-order valence-corrected chi connectivity index (χ1v) is 3.21. The quantitative estimate of drug-likeness (QED) is 0.573. The van der Waals surface area contributed by atoms with E-state index in [1.165, 1.54) is 0 Å². The molecule has 0 saturated heterocycles. The standard InChI is InChI=1S/C6H14N2O/c1-3-8(4-2)5-6(7)9/h3-5H2,1-2H3,(H2,7,9). The van der Waals surface area contributed by atoms with Crippen LogP contribution in [0.5, 0.6) is 0 Å². The van der Waals surface area contributed by atoms with Gasteiger partial charge < -0.3 is 5.73 Å². The molecular weight excluding hydrogens is 116 g/mol. The van der Waals surface area contributed by atoms with Crippen LogP contribution in [0.25, 0.3) is 0 Å². The van der Waals surface area contributed by atoms with E-state index in [1.807, 2.05) is 18.7 Å². The third-order valence-electron chi connectivity index (χ3n) is 1.27. The predicted octanol–water partition coefficient (Wildman–Crippen LogP) is -0.186. The molecule has 3 nitrogen and oxygen atoms in total. The lowest BCUT2D eigenvalue weighted by Crippen LogP contribution is -2.33. The van der Waals surface area contributed by atoms with Gasteiger partial charge in [0.15, 0.2) is 0 Å². The van der Waals surface area contributed by atoms with Gasteiger partial charge in [-0.25, -0.2) is 0 Å². The molecule has 0 saturated carbocycles. The molecule has 0 unspecified atom stereocenters. The molecule has 2 N–H and O–H groups in total. The summed E-state index contributed by atoms with van der Waals surface area (Å²) in [4.78, 5) is 12.3. The summed E-state index contributed by atoms with van der Waals surface area (Å²) in [5.74, 6) is -0.251. The highest BCUT2D eigenvalue weighted by Crippen LogP contribution is 1.82. The van der Waals surface area contributed by atoms with Crippen molar-refractivity contribution >= 4 is 5.91 Å². The van der Waals surface area contributed by atoms with Crippen LogP contribution in [0.1, 0.15) is 13.8 Å². The van der Waals surface area contributed by atoms with Crippen molar-refractivity contribution in [2.45, 2.75) is 13.8 Å². The van der Waals surface area contributed by atoms with Crippen LogP contribution in [0.2, 0.25) is 0 Å². The summed E-state index contributed by atoms with van der Waals surface area (Å²) in [6.07, 6.45) is 0. The number of likely N-dealkylation sites (N-methyl/N-ethyl adjacent to an activating group) is 1. The number of primary amides is 1. The predicted molar refractivity (Wildman–Crippen MR) is 37.0 cm³/mol. The molecule has 0 aromatic rings. The highest BCUT2D eigenvalue weighted by molar-refractivity contribution is 5.75. The van der Waals surface area contributed by atoms with Gasteiger partial charge in [-0.05, 0) is 13.1 Å². The summed E-state index contributed by atoms with van der Waals surface area (Å²) in [5.41, 5.74) is 4.96. The Bertz CT molecular complexity index is 89.1. The molecule has 0 heterocycles. The Labute approximate surface area is 55.8 Å². The lowest BCUT2D eigenvalue weighted by molar-refractivity contribution is -0.119. The second kappa shape index (κ2) is 4.32. The monoisotopic (exact) mass is 130 g/mol. The van der Waals surface area contributed by atoms with Gasteiger partial charge in [0.05, 0.1) is 6.54 Å². The van der Waals surface area contributed by atoms with Crippen molar-refractivity contribution < 1.29 is 4.79 Å². The molecule has 0 aromatic heterocycles. The molecule has 3 heteroatoms. The lowest BCUT2D eigenvalue weighted by Gasteiger charge is -2.14. The number of hydrogen-bond donors (Lipinski definition) is 1. The fourth-order valence-corrected chi connectivity index (χ4v) is 0.668. The Morgan fingerprint density at radius 3 is 2.00 bits per heavy atom. The zero-order valence-corrected chi connectivity index (χ0v) is 6.05. The Balaban J connectivity index is 3.43. The van der Waals surface area contributed by atoms with E-state index in [-0.39, 0.29) is 5.91 Å². The van der Waals surface area contributed by atoms with Gasteiger partial charge in [-0.2, -0.15) is 0 Å². The molecule has 0 spiro atoms. The normalized spacial score (nSPS) is 10.1. The van der Waals surface area contributed by atoms with Crippen molar-refractivity contribution in [1.82, 2.24) is 4.90 Å². The fourth-order valence-electron chi connectivity index (χ4n) is 0.668. The maximum atomic E-state index is 10.3. The maximum Gasteiger partial charge on any atom is 0.231 e. The Kier molecular flexibility index (Phi) is 4.05. The van der Waals surface area contributed by atoms with E-state index >= 15 is 0 Å². The van der Waals surface area contributed by atoms with Crippen molar-refractivity contribution in [1.29, 1.82) is 0 Å². The summed E-state index contributed by atoms with van der Waals surface area (Å²) in [6, 6.07) is 0. The van der Waals surface area contributed by atoms with E-state index in [9.17, 15) is 4.79 Å². The molecule has 0 atom stereocenters. The van der Waals surface area contributed by atoms with Gasteiger partial charge in [0.1, 0.15) is 0 Å². The first-order chi connectivity index (χ1) is 4.20. The SMILES string of the molecule is CCN(CC)CC(N)=O. The van der Waals surface area contributed by atoms with E-state index in [1.54, 1.807) is 0 Å². The molecule has 0 aliphatic heterocycles. The molecule has 0 fully saturated rings. The summed E-state index contributed by atoms with van der Waals surface area (Å²) < 4.78 is 0. The number of nitrogens with zero attached hydrogens (tertiary/aromatic N) is 1. The molecule has 9 heavy (non-hydrogen) atoms. The molecule has 0 aliphatic rings. The molecular formula is C6H14N2O. The number of amides is 1. The van der Waals surface area contributed by atoms with Gasteiger partial charge in [-0.15, -0.1) is 0 Å². The summed E-state index contributed by atoms with van der Waals surface area (Å²) >= 11 is 0. The highest BCUT2D eigenvalue weighted by atomic mass is 16.1. The minimum absolute atomic E-state index is 0.251. The Morgan fingerprint density at radius 2 is 1.89 bits per heavy atom. The van der Waals surface area contributed by atoms with Gasteiger partial charge in [0, 0.05) is 0 Å². The van der Waals surface area contributed by atoms with Crippen LogP contribution in [0.4, 0.5) is 0 Å². The molecule has 0 rings (SSSR count). The number of carbonyl (C=O) groups is 1. The van der Waals surface area contributed by atoms with Crippen molar-refractivity contribution in [2.75, 3.05) is 19.6 Å². The van der Waals surface area contributed by atoms with Crippen molar-refractivity contribution in [3.05, 3.63) is 0 Å². The van der Waals surface area contributed by atoms with Gasteiger partial charge in [0.25, 0.3) is 0 Å². The molecule has 0 aliphatic carbocycles. The smallest absolute Gasteiger partial charge is 0.231 e. The van der Waals surface area contributed by atoms with Crippen molar-refractivity contribution in [2.24, 2.45) is 5.73 Å². The van der Waals surface area contributed by atoms with E-state index in [2.05, 4.69) is 0 Å². The van der Waals surface area contributed by atoms with Gasteiger partial charge >= 0.3 is 0 Å². The molecule has 0 bridgehead atoms. The van der Waals surface area contributed by atoms with E-state index in [0.29, 0.717) is 6.54 Å². The fraction of sp³-hybridized carbons (Fsp3) is 0.833. The largest absolute Gasteiger partial charge is 0.369 e. The zero-order chi connectivity index (χ0) is 7.28. The minimum atomic E-state index is -0.251. The first-order valence-electron chi connectivity index (χ1n) is 3.21. The highest BCUT2D eigenvalue weighted by Gasteiger charge is 2.00. The van der Waals surface area contributed by atoms with Crippen LogP contribution in [0, 0.1) is 0 Å². The maximum absolute atomic E-state index is 10.3. The third kappa shape index (κ3) is 3.97. The van der Waals surface area contributed by atoms with Crippen molar-refractivity contribution in [3.8, 4) is 0 Å². The zero-order valence-electron chi connectivity index (χ0n) is 6.05. The number of hydrogen-bond acceptors (Lipinski definition) is 2. The van der Waals surface area contributed by atoms with Crippen LogP contribution < -0.4 is 5.73 Å². The van der Waals surface area contributed by atoms with Gasteiger partial charge in [-0.3, -0.25) is 9.69 Å². The van der Waals surface area contributed by atoms with Crippen LogP contribution in [0.3, 0.4) is 0 Å². The van der Waals surface area contributed by atoms with Crippen molar-refractivity contribution in [3.63, 3.8) is 0 Å². The van der Waals surface area contributed by atoms with E-state index in [0.717, 1.165) is 13.1 Å². The van der Waals surface area contributed by atoms with Crippen LogP contribution in [-0.2, 0) is 4.79 Å². The van der Waals surface area contributed by atoms with E-state index < -0.39 is 0 Å². The number of nitrogens with two attached hydrogens (primary N) is 1. The Morgan fingerprint density at radius 1 is 1.44 bits per heavy atom. The second-order valence-corrected chi connectivity index (χ2v) is 1.93. The van der Waals surface area contributed by atoms with Gasteiger partial charge in [-0.1, -0.05) is 13.8 Å². The van der Waals surface area contributed by atoms with Crippen LogP contribution >= 0.6 is 0 Å². The first kappa shape index (κ1) is 8.43. The van der Waals surface area contributed by atoms with E-state index in [4.69, 9.17) is 5.73 Å². The molecule has 1 amide bonds. The molecule has 0 radical (unpaired) electrons. The minimum Gasteiger partial charge on any atom is -0.369 e. The lowest BCUT2D eigenvalue weighted by atomic mass is 10.5. The van der Waals surface area contributed by atoms with Gasteiger partial charge in [0.2, 0.25) is 5.91 Å². The second-order valence-electron chi connectivity index (χ2n) is 1.93. The average Bonchev–Trinajstić information content (AvgIpc) is 1.82. The Hall–Kier alpha value is -0.570. The van der Waals surface area contributed by atoms with Crippen LogP contribution in [-0.4, -0.2) is 30.4 Å². The summed E-state index contributed by atoms with van der Waals surface area (Å²) in [6.45, 7) is 6.17. The molecule has 54 valence electrons. The molecule has 0 aromatic carbocycles. The van der Waals surface area contributed by atoms with Crippen LogP contribution in [0.15, 0.2) is 0 Å². The topological polar surface area (TPSA) is 46.3 Å². The third-order valence-corrected chi connectivity index (χ3v) is 1.27. The summed E-state index contributed by atoms with van der Waals surface area (Å²) in [5, 5.41) is 0. The number of carbonyl (C=O) groups excluding carboxylic acids is 1.